The number of fused-ring (bicyclic) bond motifs is 2. The summed E-state index contributed by atoms with van der Waals surface area (Å²) >= 11 is 0. The summed E-state index contributed by atoms with van der Waals surface area (Å²) in [5, 5.41) is 34.4. The highest BCUT2D eigenvalue weighted by molar-refractivity contribution is 6.07. The first kappa shape index (κ1) is 32.8. The Morgan fingerprint density at radius 3 is 2.48 bits per heavy atom. The number of anilines is 1. The molecule has 0 bridgehead atoms. The quantitative estimate of drug-likeness (QED) is 0.155. The lowest BCUT2D eigenvalue weighted by Crippen LogP contribution is -2.44. The van der Waals surface area contributed by atoms with Gasteiger partial charge < -0.3 is 19.8 Å². The van der Waals surface area contributed by atoms with E-state index in [9.17, 15) is 19.8 Å². The van der Waals surface area contributed by atoms with E-state index in [1.165, 1.54) is 4.68 Å². The summed E-state index contributed by atoms with van der Waals surface area (Å²) in [7, 11) is 1.55. The van der Waals surface area contributed by atoms with Crippen molar-refractivity contribution in [2.45, 2.75) is 38.0 Å². The average Bonchev–Trinajstić information content (AvgIpc) is 3.81. The lowest BCUT2D eigenvalue weighted by molar-refractivity contribution is -0.139. The molecule has 4 aromatic carbocycles. The Labute approximate surface area is 288 Å². The second-order valence-corrected chi connectivity index (χ2v) is 12.6. The Bertz CT molecular complexity index is 2220. The number of nitrogens with one attached hydrogen (secondary N) is 1. The molecule has 3 N–H and O–H groups in total. The molecule has 50 heavy (non-hydrogen) atoms. The van der Waals surface area contributed by atoms with Gasteiger partial charge >= 0.3 is 0 Å². The van der Waals surface area contributed by atoms with E-state index in [2.05, 4.69) is 15.4 Å². The van der Waals surface area contributed by atoms with Crippen LogP contribution in [0, 0.1) is 5.92 Å². The van der Waals surface area contributed by atoms with Crippen LogP contribution >= 0.6 is 0 Å². The number of rotatable bonds is 12. The maximum Gasteiger partial charge on any atom is 0.279 e. The minimum atomic E-state index is -1.82. The fraction of sp³-hybridized carbons (Fsp3) is 0.231. The number of hydrogen-bond donors (Lipinski definition) is 3. The van der Waals surface area contributed by atoms with Crippen LogP contribution in [-0.2, 0) is 23.5 Å². The summed E-state index contributed by atoms with van der Waals surface area (Å²) in [4.78, 5) is 28.7. The lowest BCUT2D eigenvalue weighted by Gasteiger charge is -2.28. The summed E-state index contributed by atoms with van der Waals surface area (Å²) < 4.78 is 8.70. The molecule has 1 unspecified atom stereocenters. The zero-order valence-corrected chi connectivity index (χ0v) is 27.8. The molecule has 0 aliphatic carbocycles. The SMILES string of the molecule is COc1ccc2c(c1)[C@](O)([C@@H](C)/C=C/CCn1cc(C(CO)c3ccccc3)nn1)C(=O)N2Cc1ccc(-n2[nH]c3ccccc3c2=O)cc1. The number of methoxy groups -OCH3 is 1. The van der Waals surface area contributed by atoms with Crippen LogP contribution in [0.2, 0.25) is 0 Å². The molecule has 1 amide bonds. The topological polar surface area (TPSA) is 138 Å². The van der Waals surface area contributed by atoms with Crippen LogP contribution < -0.4 is 15.2 Å². The second kappa shape index (κ2) is 13.6. The van der Waals surface area contributed by atoms with Gasteiger partial charge in [0.05, 0.1) is 54.2 Å². The van der Waals surface area contributed by atoms with Crippen LogP contribution in [0.4, 0.5) is 5.69 Å². The highest BCUT2D eigenvalue weighted by atomic mass is 16.5. The second-order valence-electron chi connectivity index (χ2n) is 12.6. The Balaban J connectivity index is 1.07. The van der Waals surface area contributed by atoms with Gasteiger partial charge in [-0.3, -0.25) is 19.4 Å². The smallest absolute Gasteiger partial charge is 0.279 e. The van der Waals surface area contributed by atoms with Crippen molar-refractivity contribution in [3.05, 3.63) is 148 Å². The van der Waals surface area contributed by atoms with Crippen molar-refractivity contribution in [1.82, 2.24) is 24.8 Å². The summed E-state index contributed by atoms with van der Waals surface area (Å²) in [5.41, 5.74) is 3.06. The summed E-state index contributed by atoms with van der Waals surface area (Å²) in [6, 6.07) is 29.8. The first-order valence-corrected chi connectivity index (χ1v) is 16.6. The predicted octanol–water partition coefficient (Wildman–Crippen LogP) is 5.06. The van der Waals surface area contributed by atoms with Gasteiger partial charge in [0.1, 0.15) is 5.75 Å². The number of H-pyrrole nitrogens is 1. The van der Waals surface area contributed by atoms with Crippen molar-refractivity contribution in [3.63, 3.8) is 0 Å². The van der Waals surface area contributed by atoms with Crippen molar-refractivity contribution >= 4 is 22.5 Å². The molecule has 11 nitrogen and oxygen atoms in total. The molecule has 0 radical (unpaired) electrons. The van der Waals surface area contributed by atoms with Crippen LogP contribution in [0.25, 0.3) is 16.6 Å². The van der Waals surface area contributed by atoms with E-state index in [-0.39, 0.29) is 24.6 Å². The Hall–Kier alpha value is -5.78. The minimum Gasteiger partial charge on any atom is -0.497 e. The third-order valence-corrected chi connectivity index (χ3v) is 9.51. The van der Waals surface area contributed by atoms with Gasteiger partial charge in [0, 0.05) is 24.2 Å². The highest BCUT2D eigenvalue weighted by Gasteiger charge is 2.52. The van der Waals surface area contributed by atoms with Crippen molar-refractivity contribution in [2.24, 2.45) is 5.92 Å². The number of nitrogens with zero attached hydrogens (tertiary/aromatic N) is 5. The molecule has 0 saturated heterocycles. The molecule has 1 aliphatic heterocycles. The molecular weight excluding hydrogens is 632 g/mol. The number of allylic oxidation sites excluding steroid dienone is 1. The zero-order valence-electron chi connectivity index (χ0n) is 27.8. The van der Waals surface area contributed by atoms with Gasteiger partial charge in [0.25, 0.3) is 11.5 Å². The number of carbonyl (C=O) groups is 1. The zero-order chi connectivity index (χ0) is 34.8. The van der Waals surface area contributed by atoms with Crippen molar-refractivity contribution in [3.8, 4) is 11.4 Å². The molecule has 3 heterocycles. The van der Waals surface area contributed by atoms with Gasteiger partial charge in [0.2, 0.25) is 0 Å². The maximum atomic E-state index is 14.1. The molecule has 7 rings (SSSR count). The number of aryl methyl sites for hydroxylation is 1. The molecule has 6 aromatic rings. The van der Waals surface area contributed by atoms with E-state index in [0.29, 0.717) is 46.7 Å². The number of aliphatic hydroxyl groups is 2. The number of benzene rings is 4. The molecule has 11 heteroatoms. The monoisotopic (exact) mass is 670 g/mol. The largest absolute Gasteiger partial charge is 0.497 e. The van der Waals surface area contributed by atoms with E-state index in [4.69, 9.17) is 4.74 Å². The van der Waals surface area contributed by atoms with Gasteiger partial charge in [-0.05, 0) is 60.0 Å². The van der Waals surface area contributed by atoms with Crippen LogP contribution in [0.5, 0.6) is 5.75 Å². The van der Waals surface area contributed by atoms with Crippen molar-refractivity contribution in [1.29, 1.82) is 0 Å². The summed E-state index contributed by atoms with van der Waals surface area (Å²) in [5.74, 6) is -0.707. The number of aromatic nitrogens is 5. The van der Waals surface area contributed by atoms with E-state index < -0.39 is 17.4 Å². The molecule has 0 fully saturated rings. The molecule has 2 aromatic heterocycles. The Morgan fingerprint density at radius 1 is 0.980 bits per heavy atom. The first-order valence-electron chi connectivity index (χ1n) is 16.6. The Kier molecular flexibility index (Phi) is 8.92. The molecule has 0 spiro atoms. The van der Waals surface area contributed by atoms with Gasteiger partial charge in [0.15, 0.2) is 5.60 Å². The van der Waals surface area contributed by atoms with Crippen molar-refractivity contribution < 1.29 is 19.7 Å². The highest BCUT2D eigenvalue weighted by Crippen LogP contribution is 2.47. The van der Waals surface area contributed by atoms with Crippen molar-refractivity contribution in [2.75, 3.05) is 18.6 Å². The van der Waals surface area contributed by atoms with Gasteiger partial charge in [-0.2, -0.15) is 0 Å². The average molecular weight is 671 g/mol. The molecule has 3 atom stereocenters. The number of aromatic amines is 1. The number of aliphatic hydroxyl groups excluding tert-OH is 1. The molecule has 0 saturated carbocycles. The van der Waals surface area contributed by atoms with Crippen LogP contribution in [-0.4, -0.2) is 54.6 Å². The van der Waals surface area contributed by atoms with Crippen LogP contribution in [0.1, 0.15) is 41.6 Å². The van der Waals surface area contributed by atoms with E-state index in [1.807, 2.05) is 98.1 Å². The molecular formula is C39H38N6O5. The first-order chi connectivity index (χ1) is 24.3. The standard InChI is InChI=1S/C39H38N6O5/c1-26(10-8-9-21-43-24-35(40-42-43)32(25-46)28-11-4-3-5-12-28)39(49)33-22-30(50-2)19-20-36(33)44(38(39)48)23-27-15-17-29(18-16-27)45-37(47)31-13-6-7-14-34(31)41-45/h3-8,10-20,22,24,26,32,41,46,49H,9,21,23,25H2,1-2H3/b10-8+/t26-,32?,39+/m0/s1. The number of para-hydroxylation sites is 1. The van der Waals surface area contributed by atoms with Gasteiger partial charge in [-0.25, -0.2) is 4.68 Å². The van der Waals surface area contributed by atoms with Gasteiger partial charge in [-0.1, -0.05) is 78.9 Å². The predicted molar refractivity (Wildman–Crippen MR) is 190 cm³/mol. The van der Waals surface area contributed by atoms with E-state index in [1.54, 1.807) is 41.0 Å². The number of amides is 1. The number of hydrogen-bond acceptors (Lipinski definition) is 7. The van der Waals surface area contributed by atoms with E-state index >= 15 is 0 Å². The molecule has 1 aliphatic rings. The third-order valence-electron chi connectivity index (χ3n) is 9.51. The fourth-order valence-electron chi connectivity index (χ4n) is 6.67. The van der Waals surface area contributed by atoms with Crippen LogP contribution in [0.15, 0.2) is 120 Å². The van der Waals surface area contributed by atoms with E-state index in [0.717, 1.165) is 16.6 Å². The van der Waals surface area contributed by atoms with Crippen LogP contribution in [0.3, 0.4) is 0 Å². The third kappa shape index (κ3) is 5.90. The summed E-state index contributed by atoms with van der Waals surface area (Å²) in [6.07, 6.45) is 6.22. The molecule has 254 valence electrons. The number of carbonyl (C=O) groups excluding carboxylic acids is 1. The minimum absolute atomic E-state index is 0.0757. The summed E-state index contributed by atoms with van der Waals surface area (Å²) in [6.45, 7) is 2.51. The number of ether oxygens (including phenoxy) is 1. The Morgan fingerprint density at radius 2 is 1.74 bits per heavy atom. The normalized spacial score (nSPS) is 17.0. The fourth-order valence-corrected chi connectivity index (χ4v) is 6.67. The maximum absolute atomic E-state index is 14.1. The lowest BCUT2D eigenvalue weighted by atomic mass is 9.83. The van der Waals surface area contributed by atoms with Gasteiger partial charge in [-0.15, -0.1) is 5.10 Å².